The molecule has 0 saturated carbocycles. The zero-order chi connectivity index (χ0) is 17.1. The van der Waals surface area contributed by atoms with E-state index in [0.717, 1.165) is 36.2 Å². The molecule has 1 unspecified atom stereocenters. The number of hydrogen-bond donors (Lipinski definition) is 1. The average molecular weight is 330 g/mol. The van der Waals surface area contributed by atoms with Gasteiger partial charge in [-0.2, -0.15) is 0 Å². The molecule has 1 aromatic heterocycles. The molecular formula is C18H26N4O2. The average Bonchev–Trinajstić information content (AvgIpc) is 2.98. The van der Waals surface area contributed by atoms with Crippen molar-refractivity contribution in [3.05, 3.63) is 24.5 Å². The van der Waals surface area contributed by atoms with Crippen molar-refractivity contribution in [3.63, 3.8) is 0 Å². The van der Waals surface area contributed by atoms with Crippen LogP contribution in [0, 0.1) is 5.92 Å². The maximum Gasteiger partial charge on any atom is 0.327 e. The van der Waals surface area contributed by atoms with E-state index in [9.17, 15) is 4.79 Å². The summed E-state index contributed by atoms with van der Waals surface area (Å²) in [6, 6.07) is 5.87. The fourth-order valence-corrected chi connectivity index (χ4v) is 3.03. The van der Waals surface area contributed by atoms with E-state index in [4.69, 9.17) is 4.74 Å². The van der Waals surface area contributed by atoms with Gasteiger partial charge in [0.25, 0.3) is 0 Å². The lowest BCUT2D eigenvalue weighted by atomic mass is 10.1. The second-order valence-electron chi connectivity index (χ2n) is 6.80. The Balaban J connectivity index is 1.82. The highest BCUT2D eigenvalue weighted by Gasteiger charge is 2.21. The number of amides is 1. The number of fused-ring (bicyclic) bond motifs is 1. The lowest BCUT2D eigenvalue weighted by Gasteiger charge is -2.33. The van der Waals surface area contributed by atoms with Gasteiger partial charge < -0.3 is 15.0 Å². The molecule has 1 aromatic carbocycles. The number of ether oxygens (including phenoxy) is 1. The number of carbonyl (C=O) groups excluding carboxylic acids is 1. The van der Waals surface area contributed by atoms with E-state index in [1.54, 1.807) is 10.9 Å². The van der Waals surface area contributed by atoms with Crippen LogP contribution in [0.5, 0.6) is 0 Å². The Hall–Kier alpha value is -2.08. The van der Waals surface area contributed by atoms with Crippen LogP contribution in [0.25, 0.3) is 11.0 Å². The highest BCUT2D eigenvalue weighted by Crippen LogP contribution is 2.27. The summed E-state index contributed by atoms with van der Waals surface area (Å²) < 4.78 is 7.22. The van der Waals surface area contributed by atoms with Crippen LogP contribution in [0.3, 0.4) is 0 Å². The number of aromatic nitrogens is 2. The Morgan fingerprint density at radius 3 is 3.04 bits per heavy atom. The third-order valence-corrected chi connectivity index (χ3v) is 4.35. The fraction of sp³-hybridized carbons (Fsp3) is 0.556. The molecule has 1 amide bonds. The van der Waals surface area contributed by atoms with Crippen LogP contribution in [-0.4, -0.2) is 47.9 Å². The first-order valence-electron chi connectivity index (χ1n) is 8.67. The molecule has 1 saturated heterocycles. The van der Waals surface area contributed by atoms with Crippen LogP contribution in [-0.2, 0) is 4.74 Å². The van der Waals surface area contributed by atoms with Gasteiger partial charge in [0.2, 0.25) is 0 Å². The van der Waals surface area contributed by atoms with E-state index < -0.39 is 0 Å². The molecule has 3 rings (SSSR count). The van der Waals surface area contributed by atoms with E-state index in [0.29, 0.717) is 19.1 Å². The number of hydrogen-bond acceptors (Lipinski definition) is 4. The third-order valence-electron chi connectivity index (χ3n) is 4.35. The van der Waals surface area contributed by atoms with Crippen LogP contribution in [0.1, 0.15) is 27.2 Å². The van der Waals surface area contributed by atoms with Crippen molar-refractivity contribution in [1.82, 2.24) is 14.9 Å². The van der Waals surface area contributed by atoms with Crippen LogP contribution in [0.4, 0.5) is 10.5 Å². The molecule has 0 spiro atoms. The molecule has 130 valence electrons. The molecular weight excluding hydrogens is 304 g/mol. The van der Waals surface area contributed by atoms with Gasteiger partial charge >= 0.3 is 6.03 Å². The van der Waals surface area contributed by atoms with Crippen molar-refractivity contribution in [3.8, 4) is 0 Å². The fourth-order valence-electron chi connectivity index (χ4n) is 3.03. The number of benzene rings is 1. The zero-order valence-corrected chi connectivity index (χ0v) is 14.7. The first-order chi connectivity index (χ1) is 11.6. The van der Waals surface area contributed by atoms with Crippen molar-refractivity contribution < 1.29 is 9.53 Å². The minimum atomic E-state index is -0.120. The van der Waals surface area contributed by atoms with Crippen LogP contribution in [0.15, 0.2) is 24.5 Å². The number of para-hydroxylation sites is 1. The summed E-state index contributed by atoms with van der Waals surface area (Å²) in [5.74, 6) is 0.569. The molecule has 2 heterocycles. The Bertz CT molecular complexity index is 710. The predicted molar refractivity (Wildman–Crippen MR) is 95.6 cm³/mol. The molecule has 0 radical (unpaired) electrons. The van der Waals surface area contributed by atoms with Gasteiger partial charge in [-0.1, -0.05) is 19.9 Å². The number of morpholine rings is 1. The number of carbonyl (C=O) groups is 1. The standard InChI is InChI=1S/C18H26N4O2/c1-13(2)7-8-19-18(23)22-12-20-17-15(5-4-6-16(17)22)21-9-10-24-14(3)11-21/h4-6,12-14H,7-11H2,1-3H3,(H,19,23). The van der Waals surface area contributed by atoms with Crippen LogP contribution < -0.4 is 10.2 Å². The van der Waals surface area contributed by atoms with Gasteiger partial charge in [0.15, 0.2) is 0 Å². The molecule has 1 fully saturated rings. The summed E-state index contributed by atoms with van der Waals surface area (Å²) in [6.45, 7) is 9.45. The quantitative estimate of drug-likeness (QED) is 0.936. The first-order valence-corrected chi connectivity index (χ1v) is 8.67. The van der Waals surface area contributed by atoms with Crippen molar-refractivity contribution >= 4 is 22.8 Å². The molecule has 6 nitrogen and oxygen atoms in total. The summed E-state index contributed by atoms with van der Waals surface area (Å²) in [5.41, 5.74) is 2.77. The van der Waals surface area contributed by atoms with Gasteiger partial charge in [0.1, 0.15) is 11.8 Å². The molecule has 1 atom stereocenters. The minimum absolute atomic E-state index is 0.120. The van der Waals surface area contributed by atoms with E-state index in [1.165, 1.54) is 0 Å². The van der Waals surface area contributed by atoms with Crippen molar-refractivity contribution in [2.45, 2.75) is 33.3 Å². The highest BCUT2D eigenvalue weighted by molar-refractivity contribution is 5.95. The predicted octanol–water partition coefficient (Wildman–Crippen LogP) is 2.87. The van der Waals surface area contributed by atoms with E-state index in [1.807, 2.05) is 12.1 Å². The van der Waals surface area contributed by atoms with E-state index in [-0.39, 0.29) is 12.1 Å². The minimum Gasteiger partial charge on any atom is -0.375 e. The molecule has 0 aliphatic carbocycles. The highest BCUT2D eigenvalue weighted by atomic mass is 16.5. The Morgan fingerprint density at radius 1 is 1.46 bits per heavy atom. The number of imidazole rings is 1. The SMILES string of the molecule is CC(C)CCNC(=O)n1cnc2c(N3CCOC(C)C3)cccc21. The van der Waals surface area contributed by atoms with E-state index >= 15 is 0 Å². The van der Waals surface area contributed by atoms with Crippen molar-refractivity contribution in [1.29, 1.82) is 0 Å². The van der Waals surface area contributed by atoms with Gasteiger partial charge in [0, 0.05) is 19.6 Å². The molecule has 1 aliphatic rings. The lowest BCUT2D eigenvalue weighted by Crippen LogP contribution is -2.41. The summed E-state index contributed by atoms with van der Waals surface area (Å²) in [4.78, 5) is 19.2. The van der Waals surface area contributed by atoms with Crippen LogP contribution in [0.2, 0.25) is 0 Å². The molecule has 0 bridgehead atoms. The molecule has 24 heavy (non-hydrogen) atoms. The van der Waals surface area contributed by atoms with Gasteiger partial charge in [0.05, 0.1) is 23.9 Å². The first kappa shape index (κ1) is 16.8. The lowest BCUT2D eigenvalue weighted by molar-refractivity contribution is 0.0533. The van der Waals surface area contributed by atoms with Crippen molar-refractivity contribution in [2.75, 3.05) is 31.1 Å². The Kier molecular flexibility index (Phi) is 5.04. The largest absolute Gasteiger partial charge is 0.375 e. The van der Waals surface area contributed by atoms with Gasteiger partial charge in [-0.05, 0) is 31.4 Å². The van der Waals surface area contributed by atoms with Crippen molar-refractivity contribution in [2.24, 2.45) is 5.92 Å². The van der Waals surface area contributed by atoms with Gasteiger partial charge in [-0.15, -0.1) is 0 Å². The molecule has 1 aliphatic heterocycles. The topological polar surface area (TPSA) is 59.4 Å². The molecule has 6 heteroatoms. The summed E-state index contributed by atoms with van der Waals surface area (Å²) in [6.07, 6.45) is 2.79. The number of nitrogens with one attached hydrogen (secondary N) is 1. The maximum atomic E-state index is 12.4. The Morgan fingerprint density at radius 2 is 2.29 bits per heavy atom. The normalized spacial score (nSPS) is 18.3. The summed E-state index contributed by atoms with van der Waals surface area (Å²) >= 11 is 0. The maximum absolute atomic E-state index is 12.4. The number of nitrogens with zero attached hydrogens (tertiary/aromatic N) is 3. The second kappa shape index (κ2) is 7.21. The smallest absolute Gasteiger partial charge is 0.327 e. The van der Waals surface area contributed by atoms with E-state index in [2.05, 4.69) is 42.0 Å². The number of anilines is 1. The Labute approximate surface area is 142 Å². The monoisotopic (exact) mass is 330 g/mol. The third kappa shape index (κ3) is 3.53. The molecule has 2 aromatic rings. The van der Waals surface area contributed by atoms with Gasteiger partial charge in [-0.25, -0.2) is 9.78 Å². The second-order valence-corrected chi connectivity index (χ2v) is 6.80. The molecule has 1 N–H and O–H groups in total. The summed E-state index contributed by atoms with van der Waals surface area (Å²) in [5, 5.41) is 2.97. The van der Waals surface area contributed by atoms with Gasteiger partial charge in [-0.3, -0.25) is 4.57 Å². The number of rotatable bonds is 4. The zero-order valence-electron chi connectivity index (χ0n) is 14.7. The summed E-state index contributed by atoms with van der Waals surface area (Å²) in [7, 11) is 0. The van der Waals surface area contributed by atoms with Crippen LogP contribution >= 0.6 is 0 Å².